The monoisotopic (exact) mass is 364 g/mol. The van der Waals surface area contributed by atoms with Gasteiger partial charge in [-0.25, -0.2) is 0 Å². The van der Waals surface area contributed by atoms with E-state index in [0.717, 1.165) is 27.9 Å². The quantitative estimate of drug-likeness (QED) is 0.322. The molecule has 0 rings (SSSR count). The lowest BCUT2D eigenvalue weighted by atomic mass is 10.5. The van der Waals surface area contributed by atoms with Gasteiger partial charge in [0.25, 0.3) is 0 Å². The molecule has 102 valence electrons. The van der Waals surface area contributed by atoms with Gasteiger partial charge >= 0.3 is 0 Å². The molecule has 0 nitrogen and oxygen atoms in total. The zero-order valence-electron chi connectivity index (χ0n) is 9.67. The fourth-order valence-electron chi connectivity index (χ4n) is 0.919. The van der Waals surface area contributed by atoms with Crippen LogP contribution < -0.4 is 0 Å². The average Bonchev–Trinajstić information content (AvgIpc) is 2.36. The molecule has 0 bridgehead atoms. The first-order valence-corrected chi connectivity index (χ1v) is 10.9. The molecule has 0 aromatic carbocycles. The van der Waals surface area contributed by atoms with E-state index in [9.17, 15) is 0 Å². The second-order valence-corrected chi connectivity index (χ2v) is 8.24. The maximum atomic E-state index is 4.40. The van der Waals surface area contributed by atoms with Crippen molar-refractivity contribution in [1.82, 2.24) is 0 Å². The standard InChI is InChI=1S/C10H20S7/c11-1-2-15-3-4-16-5-6-17-10(8-13)9(14)7-12/h11-14H,1-8H2. The zero-order valence-corrected chi connectivity index (χ0v) is 15.7. The van der Waals surface area contributed by atoms with E-state index in [1.54, 1.807) is 0 Å². The van der Waals surface area contributed by atoms with Gasteiger partial charge in [-0.1, -0.05) is 0 Å². The van der Waals surface area contributed by atoms with Crippen molar-refractivity contribution in [2.75, 3.05) is 46.0 Å². The van der Waals surface area contributed by atoms with Crippen LogP contribution in [0.5, 0.6) is 0 Å². The fraction of sp³-hybridized carbons (Fsp3) is 0.800. The van der Waals surface area contributed by atoms with Crippen molar-refractivity contribution in [2.24, 2.45) is 0 Å². The molecule has 0 heterocycles. The highest BCUT2D eigenvalue weighted by Gasteiger charge is 2.01. The van der Waals surface area contributed by atoms with E-state index in [2.05, 4.69) is 50.5 Å². The smallest absolute Gasteiger partial charge is 0.0222 e. The second-order valence-electron chi connectivity index (χ2n) is 2.98. The number of thiol groups is 4. The minimum absolute atomic E-state index is 0.708. The van der Waals surface area contributed by atoms with E-state index in [0.29, 0.717) is 5.75 Å². The SMILES string of the molecule is SCCSCCSCCSC(CS)=C(S)CS. The summed E-state index contributed by atoms with van der Waals surface area (Å²) in [5, 5.41) is 0. The van der Waals surface area contributed by atoms with Crippen LogP contribution in [-0.4, -0.2) is 46.0 Å². The van der Waals surface area contributed by atoms with Crippen molar-refractivity contribution in [3.8, 4) is 0 Å². The molecule has 0 atom stereocenters. The van der Waals surface area contributed by atoms with Gasteiger partial charge in [0.1, 0.15) is 0 Å². The molecule has 0 saturated heterocycles. The van der Waals surface area contributed by atoms with Crippen LogP contribution in [0.4, 0.5) is 0 Å². The first kappa shape index (κ1) is 19.2. The lowest BCUT2D eigenvalue weighted by molar-refractivity contribution is 1.46. The highest BCUT2D eigenvalue weighted by atomic mass is 32.2. The Morgan fingerprint density at radius 1 is 0.765 bits per heavy atom. The molecule has 7 heteroatoms. The topological polar surface area (TPSA) is 0 Å². The maximum Gasteiger partial charge on any atom is 0.0222 e. The number of thioether (sulfide) groups is 3. The third kappa shape index (κ3) is 11.7. The van der Waals surface area contributed by atoms with Gasteiger partial charge in [-0.2, -0.15) is 61.4 Å². The van der Waals surface area contributed by atoms with E-state index < -0.39 is 0 Å². The summed E-state index contributed by atoms with van der Waals surface area (Å²) in [6.07, 6.45) is 0. The molecule has 0 saturated carbocycles. The molecule has 0 amide bonds. The molecule has 0 aliphatic rings. The third-order valence-electron chi connectivity index (χ3n) is 1.73. The Morgan fingerprint density at radius 3 is 1.88 bits per heavy atom. The van der Waals surface area contributed by atoms with Gasteiger partial charge in [-0.15, -0.1) is 24.4 Å². The van der Waals surface area contributed by atoms with Crippen molar-refractivity contribution < 1.29 is 0 Å². The predicted octanol–water partition coefficient (Wildman–Crippen LogP) is 4.12. The van der Waals surface area contributed by atoms with E-state index >= 15 is 0 Å². The van der Waals surface area contributed by atoms with Crippen LogP contribution in [0, 0.1) is 0 Å². The lowest BCUT2D eigenvalue weighted by Crippen LogP contribution is -1.93. The van der Waals surface area contributed by atoms with E-state index in [1.165, 1.54) is 22.2 Å². The van der Waals surface area contributed by atoms with Gasteiger partial charge in [-0.3, -0.25) is 0 Å². The summed E-state index contributed by atoms with van der Waals surface area (Å²) < 4.78 is 0. The highest BCUT2D eigenvalue weighted by molar-refractivity contribution is 8.07. The molecule has 0 unspecified atom stereocenters. The van der Waals surface area contributed by atoms with Crippen LogP contribution in [0.2, 0.25) is 0 Å². The Hall–Kier alpha value is 2.19. The first-order valence-electron chi connectivity index (χ1n) is 5.28. The maximum absolute atomic E-state index is 4.40. The Bertz CT molecular complexity index is 205. The van der Waals surface area contributed by atoms with Crippen LogP contribution in [0.15, 0.2) is 9.81 Å². The minimum Gasteiger partial charge on any atom is -0.179 e. The summed E-state index contributed by atoms with van der Waals surface area (Å²) >= 11 is 23.0. The van der Waals surface area contributed by atoms with E-state index in [-0.39, 0.29) is 0 Å². The summed E-state index contributed by atoms with van der Waals surface area (Å²) in [6, 6.07) is 0. The molecule has 0 N–H and O–H groups in total. The molecular formula is C10H20S7. The zero-order chi connectivity index (χ0) is 12.9. The fourth-order valence-corrected chi connectivity index (χ4v) is 5.33. The summed E-state index contributed by atoms with van der Waals surface area (Å²) in [4.78, 5) is 2.32. The van der Waals surface area contributed by atoms with Crippen molar-refractivity contribution in [3.05, 3.63) is 9.81 Å². The first-order chi connectivity index (χ1) is 8.26. The molecular weight excluding hydrogens is 345 g/mol. The van der Waals surface area contributed by atoms with Gasteiger partial charge in [0.15, 0.2) is 0 Å². The largest absolute Gasteiger partial charge is 0.179 e. The molecule has 0 aliphatic carbocycles. The van der Waals surface area contributed by atoms with Crippen molar-refractivity contribution in [1.29, 1.82) is 0 Å². The Labute approximate surface area is 140 Å². The van der Waals surface area contributed by atoms with Crippen LogP contribution in [0.25, 0.3) is 0 Å². The summed E-state index contributed by atoms with van der Waals surface area (Å²) in [5.41, 5.74) is 0. The summed E-state index contributed by atoms with van der Waals surface area (Å²) in [7, 11) is 0. The Balaban J connectivity index is 3.44. The van der Waals surface area contributed by atoms with Crippen LogP contribution in [0.1, 0.15) is 0 Å². The Kier molecular flexibility index (Phi) is 16.5. The number of hydrogen-bond acceptors (Lipinski definition) is 7. The van der Waals surface area contributed by atoms with Gasteiger partial charge < -0.3 is 0 Å². The predicted molar refractivity (Wildman–Crippen MR) is 105 cm³/mol. The molecule has 17 heavy (non-hydrogen) atoms. The lowest BCUT2D eigenvalue weighted by Gasteiger charge is -2.07. The number of hydrogen-bond donors (Lipinski definition) is 4. The van der Waals surface area contributed by atoms with Gasteiger partial charge in [0.2, 0.25) is 0 Å². The molecule has 0 fully saturated rings. The Morgan fingerprint density at radius 2 is 1.35 bits per heavy atom. The van der Waals surface area contributed by atoms with Crippen LogP contribution in [-0.2, 0) is 0 Å². The molecule has 0 radical (unpaired) electrons. The average molecular weight is 365 g/mol. The molecule has 0 aliphatic heterocycles. The minimum atomic E-state index is 0.708. The van der Waals surface area contributed by atoms with Gasteiger partial charge in [0.05, 0.1) is 0 Å². The van der Waals surface area contributed by atoms with Crippen LogP contribution >= 0.6 is 85.8 Å². The highest BCUT2D eigenvalue weighted by Crippen LogP contribution is 2.25. The molecule has 0 aromatic rings. The van der Waals surface area contributed by atoms with E-state index in [1.807, 2.05) is 35.3 Å². The summed E-state index contributed by atoms with van der Waals surface area (Å²) in [6.45, 7) is 0. The van der Waals surface area contributed by atoms with Crippen molar-refractivity contribution >= 4 is 85.8 Å². The van der Waals surface area contributed by atoms with Crippen molar-refractivity contribution in [2.45, 2.75) is 0 Å². The second kappa shape index (κ2) is 14.6. The molecule has 0 aromatic heterocycles. The number of rotatable bonds is 11. The molecule has 0 spiro atoms. The van der Waals surface area contributed by atoms with E-state index in [4.69, 9.17) is 0 Å². The van der Waals surface area contributed by atoms with Gasteiger partial charge in [0, 0.05) is 50.1 Å². The van der Waals surface area contributed by atoms with Crippen molar-refractivity contribution in [3.63, 3.8) is 0 Å². The summed E-state index contributed by atoms with van der Waals surface area (Å²) in [5.74, 6) is 8.42. The van der Waals surface area contributed by atoms with Gasteiger partial charge in [-0.05, 0) is 5.75 Å². The van der Waals surface area contributed by atoms with Crippen LogP contribution in [0.3, 0.4) is 0 Å². The normalized spacial score (nSPS) is 12.7. The third-order valence-corrected chi connectivity index (χ3v) is 7.56.